The highest BCUT2D eigenvalue weighted by atomic mass is 32.1. The van der Waals surface area contributed by atoms with Gasteiger partial charge in [0.1, 0.15) is 17.1 Å². The molecule has 2 amide bonds. The van der Waals surface area contributed by atoms with Crippen LogP contribution in [0, 0.1) is 0 Å². The molecule has 0 unspecified atom stereocenters. The second-order valence-electron chi connectivity index (χ2n) is 5.22. The third-order valence-corrected chi connectivity index (χ3v) is 3.94. The molecule has 1 aliphatic rings. The zero-order valence-electron chi connectivity index (χ0n) is 13.2. The number of benzene rings is 2. The molecule has 1 saturated heterocycles. The van der Waals surface area contributed by atoms with Gasteiger partial charge in [-0.15, -0.1) is 0 Å². The van der Waals surface area contributed by atoms with Crippen LogP contribution in [0.5, 0.6) is 11.5 Å². The van der Waals surface area contributed by atoms with E-state index in [4.69, 9.17) is 17.0 Å². The van der Waals surface area contributed by atoms with E-state index in [-0.39, 0.29) is 16.4 Å². The second-order valence-corrected chi connectivity index (χ2v) is 5.60. The zero-order valence-corrected chi connectivity index (χ0v) is 14.0. The smallest absolute Gasteiger partial charge is 0.270 e. The van der Waals surface area contributed by atoms with Crippen LogP contribution in [0.3, 0.4) is 0 Å². The standard InChI is InChI=1S/C18H14N2O4S/c1-24-13-8-7-11(15(21)10-13)9-14-16(22)19-18(25)20(17(14)23)12-5-3-2-4-6-12/h2-10,21H,1H3,(H,19,22,25)/b14-9-. The Kier molecular flexibility index (Phi) is 4.49. The maximum atomic E-state index is 12.8. The molecule has 3 rings (SSSR count). The van der Waals surface area contributed by atoms with Gasteiger partial charge >= 0.3 is 0 Å². The van der Waals surface area contributed by atoms with Gasteiger partial charge in [-0.25, -0.2) is 0 Å². The van der Waals surface area contributed by atoms with Crippen LogP contribution in [-0.2, 0) is 9.59 Å². The summed E-state index contributed by atoms with van der Waals surface area (Å²) in [6, 6.07) is 13.3. The van der Waals surface area contributed by atoms with Gasteiger partial charge < -0.3 is 9.84 Å². The first-order valence-electron chi connectivity index (χ1n) is 7.35. The molecular weight excluding hydrogens is 340 g/mol. The molecule has 7 heteroatoms. The van der Waals surface area contributed by atoms with E-state index in [1.54, 1.807) is 36.4 Å². The fourth-order valence-electron chi connectivity index (χ4n) is 2.40. The number of rotatable bonds is 3. The number of anilines is 1. The van der Waals surface area contributed by atoms with Crippen molar-refractivity contribution in [3.8, 4) is 11.5 Å². The summed E-state index contributed by atoms with van der Waals surface area (Å²) >= 11 is 5.12. The largest absolute Gasteiger partial charge is 0.507 e. The van der Waals surface area contributed by atoms with Crippen molar-refractivity contribution in [3.05, 3.63) is 59.7 Å². The second kappa shape index (κ2) is 6.74. The molecular formula is C18H14N2O4S. The fourth-order valence-corrected chi connectivity index (χ4v) is 2.68. The molecule has 0 atom stereocenters. The number of thiocarbonyl (C=S) groups is 1. The predicted molar refractivity (Wildman–Crippen MR) is 97.3 cm³/mol. The van der Waals surface area contributed by atoms with Crippen LogP contribution in [0.2, 0.25) is 0 Å². The molecule has 0 radical (unpaired) electrons. The lowest BCUT2D eigenvalue weighted by Crippen LogP contribution is -2.54. The number of carbonyl (C=O) groups is 2. The molecule has 2 aromatic carbocycles. The summed E-state index contributed by atoms with van der Waals surface area (Å²) in [6.45, 7) is 0. The molecule has 2 aromatic rings. The number of hydrogen-bond donors (Lipinski definition) is 2. The highest BCUT2D eigenvalue weighted by Crippen LogP contribution is 2.27. The molecule has 0 aromatic heterocycles. The average molecular weight is 354 g/mol. The van der Waals surface area contributed by atoms with Crippen molar-refractivity contribution in [2.24, 2.45) is 0 Å². The lowest BCUT2D eigenvalue weighted by atomic mass is 10.1. The van der Waals surface area contributed by atoms with Gasteiger partial charge in [-0.3, -0.25) is 19.8 Å². The van der Waals surface area contributed by atoms with Crippen LogP contribution in [-0.4, -0.2) is 29.1 Å². The Morgan fingerprint density at radius 3 is 2.52 bits per heavy atom. The number of ether oxygens (including phenoxy) is 1. The Balaban J connectivity index is 2.02. The van der Waals surface area contributed by atoms with E-state index in [2.05, 4.69) is 5.32 Å². The first-order chi connectivity index (χ1) is 12.0. The molecule has 6 nitrogen and oxygen atoms in total. The van der Waals surface area contributed by atoms with Crippen molar-refractivity contribution in [1.29, 1.82) is 0 Å². The first kappa shape index (κ1) is 16.7. The van der Waals surface area contributed by atoms with Crippen molar-refractivity contribution in [2.75, 3.05) is 12.0 Å². The first-order valence-corrected chi connectivity index (χ1v) is 7.75. The average Bonchev–Trinajstić information content (AvgIpc) is 2.60. The Labute approximate surface area is 149 Å². The predicted octanol–water partition coefficient (Wildman–Crippen LogP) is 2.23. The molecule has 2 N–H and O–H groups in total. The minimum atomic E-state index is -0.614. The minimum Gasteiger partial charge on any atom is -0.507 e. The number of aromatic hydroxyl groups is 1. The van der Waals surface area contributed by atoms with E-state index >= 15 is 0 Å². The third kappa shape index (κ3) is 3.22. The summed E-state index contributed by atoms with van der Waals surface area (Å²) in [5, 5.41) is 12.6. The third-order valence-electron chi connectivity index (χ3n) is 3.65. The van der Waals surface area contributed by atoms with Crippen LogP contribution in [0.15, 0.2) is 54.1 Å². The van der Waals surface area contributed by atoms with E-state index in [1.807, 2.05) is 6.07 Å². The lowest BCUT2D eigenvalue weighted by molar-refractivity contribution is -0.122. The Bertz CT molecular complexity index is 893. The van der Waals surface area contributed by atoms with Crippen LogP contribution in [0.4, 0.5) is 5.69 Å². The van der Waals surface area contributed by atoms with Gasteiger partial charge in [0.25, 0.3) is 11.8 Å². The summed E-state index contributed by atoms with van der Waals surface area (Å²) < 4.78 is 5.02. The van der Waals surface area contributed by atoms with Gasteiger partial charge in [0, 0.05) is 11.6 Å². The van der Waals surface area contributed by atoms with E-state index in [9.17, 15) is 14.7 Å². The normalized spacial score (nSPS) is 16.1. The van der Waals surface area contributed by atoms with E-state index in [0.717, 1.165) is 0 Å². The SMILES string of the molecule is COc1ccc(/C=C2/C(=O)NC(=S)N(c3ccccc3)C2=O)c(O)c1. The lowest BCUT2D eigenvalue weighted by Gasteiger charge is -2.28. The van der Waals surface area contributed by atoms with E-state index < -0.39 is 11.8 Å². The van der Waals surface area contributed by atoms with Crippen LogP contribution in [0.25, 0.3) is 6.08 Å². The topological polar surface area (TPSA) is 78.9 Å². The van der Waals surface area contributed by atoms with Crippen LogP contribution in [0.1, 0.15) is 5.56 Å². The van der Waals surface area contributed by atoms with Gasteiger partial charge in [-0.05, 0) is 42.6 Å². The van der Waals surface area contributed by atoms with Crippen molar-refractivity contribution in [2.45, 2.75) is 0 Å². The molecule has 1 heterocycles. The minimum absolute atomic E-state index is 0.0114. The molecule has 126 valence electrons. The van der Waals surface area contributed by atoms with Crippen LogP contribution < -0.4 is 15.0 Å². The van der Waals surface area contributed by atoms with Gasteiger partial charge in [0.05, 0.1) is 12.8 Å². The molecule has 1 fully saturated rings. The number of carbonyl (C=O) groups excluding carboxylic acids is 2. The quantitative estimate of drug-likeness (QED) is 0.502. The van der Waals surface area contributed by atoms with E-state index in [0.29, 0.717) is 17.0 Å². The number of phenolic OH excluding ortho intramolecular Hbond substituents is 1. The number of phenols is 1. The number of para-hydroxylation sites is 1. The molecule has 0 bridgehead atoms. The Morgan fingerprint density at radius 1 is 1.16 bits per heavy atom. The molecule has 25 heavy (non-hydrogen) atoms. The Morgan fingerprint density at radius 2 is 1.88 bits per heavy atom. The van der Waals surface area contributed by atoms with Gasteiger partial charge in [-0.1, -0.05) is 18.2 Å². The number of methoxy groups -OCH3 is 1. The van der Waals surface area contributed by atoms with Gasteiger partial charge in [-0.2, -0.15) is 0 Å². The number of amides is 2. The van der Waals surface area contributed by atoms with E-state index in [1.165, 1.54) is 24.2 Å². The summed E-state index contributed by atoms with van der Waals surface area (Å²) in [7, 11) is 1.48. The molecule has 0 saturated carbocycles. The summed E-state index contributed by atoms with van der Waals surface area (Å²) in [5.41, 5.74) is 0.736. The van der Waals surface area contributed by atoms with Crippen LogP contribution >= 0.6 is 12.2 Å². The van der Waals surface area contributed by atoms with Crippen molar-refractivity contribution in [1.82, 2.24) is 5.32 Å². The fraction of sp³-hybridized carbons (Fsp3) is 0.0556. The highest BCUT2D eigenvalue weighted by Gasteiger charge is 2.34. The zero-order chi connectivity index (χ0) is 18.0. The molecule has 1 aliphatic heterocycles. The molecule has 0 spiro atoms. The van der Waals surface area contributed by atoms with Crippen molar-refractivity contribution in [3.63, 3.8) is 0 Å². The highest BCUT2D eigenvalue weighted by molar-refractivity contribution is 7.80. The number of hydrogen-bond acceptors (Lipinski definition) is 5. The van der Waals surface area contributed by atoms with Gasteiger partial charge in [0.2, 0.25) is 0 Å². The maximum absolute atomic E-state index is 12.8. The summed E-state index contributed by atoms with van der Waals surface area (Å²) in [4.78, 5) is 26.2. The number of nitrogens with one attached hydrogen (secondary N) is 1. The van der Waals surface area contributed by atoms with Gasteiger partial charge in [0.15, 0.2) is 5.11 Å². The monoisotopic (exact) mass is 354 g/mol. The summed E-state index contributed by atoms with van der Waals surface area (Å²) in [5.74, 6) is -0.814. The summed E-state index contributed by atoms with van der Waals surface area (Å²) in [6.07, 6.45) is 1.32. The van der Waals surface area contributed by atoms with Crippen molar-refractivity contribution < 1.29 is 19.4 Å². The van der Waals surface area contributed by atoms with Crippen molar-refractivity contribution >= 4 is 40.9 Å². The number of nitrogens with zero attached hydrogens (tertiary/aromatic N) is 1. The maximum Gasteiger partial charge on any atom is 0.270 e. The Hall–Kier alpha value is -3.19. The molecule has 0 aliphatic carbocycles.